The summed E-state index contributed by atoms with van der Waals surface area (Å²) in [7, 11) is 0. The first-order chi connectivity index (χ1) is 8.16. The summed E-state index contributed by atoms with van der Waals surface area (Å²) in [6.07, 6.45) is 0. The maximum atomic E-state index is 11.6. The van der Waals surface area contributed by atoms with Gasteiger partial charge in [0.25, 0.3) is 5.56 Å². The van der Waals surface area contributed by atoms with E-state index in [0.29, 0.717) is 11.4 Å². The van der Waals surface area contributed by atoms with Crippen molar-refractivity contribution in [1.29, 1.82) is 0 Å². The highest BCUT2D eigenvalue weighted by Crippen LogP contribution is 2.15. The Balaban J connectivity index is 2.41. The summed E-state index contributed by atoms with van der Waals surface area (Å²) in [4.78, 5) is 16.9. The predicted molar refractivity (Wildman–Crippen MR) is 67.6 cm³/mol. The normalized spacial score (nSPS) is 10.9. The van der Waals surface area contributed by atoms with Crippen LogP contribution in [-0.2, 0) is 0 Å². The highest BCUT2D eigenvalue weighted by Gasteiger charge is 2.02. The minimum absolute atomic E-state index is 0.238. The average Bonchev–Trinajstić information content (AvgIpc) is 2.29. The third-order valence-corrected chi connectivity index (χ3v) is 2.32. The van der Waals surface area contributed by atoms with E-state index in [0.717, 1.165) is 0 Å². The number of hydrogen-bond acceptors (Lipinski definition) is 4. The van der Waals surface area contributed by atoms with E-state index in [9.17, 15) is 4.79 Å². The van der Waals surface area contributed by atoms with Crippen LogP contribution in [0.25, 0.3) is 0 Å². The molecular weight excluding hydrogens is 236 g/mol. The first-order valence-corrected chi connectivity index (χ1v) is 5.37. The number of rotatable bonds is 2. The molecule has 1 aromatic carbocycles. The second kappa shape index (κ2) is 4.84. The molecule has 0 saturated heterocycles. The summed E-state index contributed by atoms with van der Waals surface area (Å²) in [6.45, 7) is 1.73. The summed E-state index contributed by atoms with van der Waals surface area (Å²) < 4.78 is 0.283. The summed E-state index contributed by atoms with van der Waals surface area (Å²) in [5.74, 6) is 0. The number of aromatic amines is 2. The Kier molecular flexibility index (Phi) is 3.24. The zero-order valence-electron chi connectivity index (χ0n) is 9.10. The van der Waals surface area contributed by atoms with Crippen molar-refractivity contribution in [3.63, 3.8) is 0 Å². The molecule has 6 heteroatoms. The van der Waals surface area contributed by atoms with Crippen molar-refractivity contribution in [1.82, 2.24) is 9.97 Å². The number of benzene rings is 1. The number of nitrogens with zero attached hydrogens (tertiary/aromatic N) is 2. The van der Waals surface area contributed by atoms with Crippen molar-refractivity contribution in [2.24, 2.45) is 10.2 Å². The fraction of sp³-hybridized carbons (Fsp3) is 0.0909. The van der Waals surface area contributed by atoms with Gasteiger partial charge in [0.05, 0.1) is 5.69 Å². The van der Waals surface area contributed by atoms with Crippen LogP contribution in [0.15, 0.2) is 45.4 Å². The Bertz CT molecular complexity index is 657. The van der Waals surface area contributed by atoms with E-state index < -0.39 is 0 Å². The van der Waals surface area contributed by atoms with Gasteiger partial charge in [-0.1, -0.05) is 18.2 Å². The van der Waals surface area contributed by atoms with Gasteiger partial charge in [0, 0.05) is 5.69 Å². The van der Waals surface area contributed by atoms with E-state index >= 15 is 0 Å². The maximum Gasteiger partial charge on any atom is 0.279 e. The smallest absolute Gasteiger partial charge is 0.279 e. The minimum atomic E-state index is -0.342. The molecule has 0 unspecified atom stereocenters. The van der Waals surface area contributed by atoms with Crippen LogP contribution in [0.4, 0.5) is 11.4 Å². The van der Waals surface area contributed by atoms with E-state index in [2.05, 4.69) is 20.2 Å². The fourth-order valence-electron chi connectivity index (χ4n) is 1.32. The van der Waals surface area contributed by atoms with Gasteiger partial charge < -0.3 is 4.98 Å². The maximum absolute atomic E-state index is 11.6. The second-order valence-corrected chi connectivity index (χ2v) is 3.83. The molecule has 0 aliphatic rings. The molecule has 0 amide bonds. The van der Waals surface area contributed by atoms with Crippen LogP contribution < -0.4 is 5.56 Å². The average molecular weight is 246 g/mol. The number of hydrogen-bond donors (Lipinski definition) is 2. The van der Waals surface area contributed by atoms with Gasteiger partial charge in [-0.2, -0.15) is 5.11 Å². The number of aryl methyl sites for hydroxylation is 1. The van der Waals surface area contributed by atoms with Crippen molar-refractivity contribution in [3.05, 3.63) is 51.2 Å². The fourth-order valence-corrected chi connectivity index (χ4v) is 1.56. The molecule has 2 rings (SSSR count). The molecular formula is C11H10N4OS. The summed E-state index contributed by atoms with van der Waals surface area (Å²) in [6, 6.07) is 9.20. The topological polar surface area (TPSA) is 73.4 Å². The van der Waals surface area contributed by atoms with Crippen LogP contribution in [0.1, 0.15) is 5.69 Å². The molecule has 0 atom stereocenters. The second-order valence-electron chi connectivity index (χ2n) is 3.42. The Labute approximate surface area is 102 Å². The number of H-pyrrole nitrogens is 2. The number of nitrogens with one attached hydrogen (secondary N) is 2. The van der Waals surface area contributed by atoms with Crippen LogP contribution in [0.5, 0.6) is 0 Å². The Morgan fingerprint density at radius 3 is 2.47 bits per heavy atom. The molecule has 0 saturated carbocycles. The van der Waals surface area contributed by atoms with Crippen molar-refractivity contribution in [3.8, 4) is 0 Å². The number of azo groups is 1. The standard InChI is InChI=1S/C11H10N4OS/c1-7-9(10(16)13-11(17)12-7)15-14-8-5-3-2-4-6-8/h2-6H,1H3,(H2,12,13,16,17). The van der Waals surface area contributed by atoms with Crippen LogP contribution in [0.3, 0.4) is 0 Å². The van der Waals surface area contributed by atoms with Gasteiger partial charge in [-0.05, 0) is 31.3 Å². The van der Waals surface area contributed by atoms with Gasteiger partial charge in [-0.3, -0.25) is 9.78 Å². The molecule has 0 bridgehead atoms. The summed E-state index contributed by atoms with van der Waals surface area (Å²) in [5, 5.41) is 7.90. The summed E-state index contributed by atoms with van der Waals surface area (Å²) in [5.41, 5.74) is 1.18. The van der Waals surface area contributed by atoms with Crippen molar-refractivity contribution >= 4 is 23.6 Å². The highest BCUT2D eigenvalue weighted by molar-refractivity contribution is 7.71. The largest absolute Gasteiger partial charge is 0.334 e. The van der Waals surface area contributed by atoms with E-state index in [1.54, 1.807) is 19.1 Å². The molecule has 1 aromatic heterocycles. The zero-order chi connectivity index (χ0) is 12.3. The van der Waals surface area contributed by atoms with E-state index in [4.69, 9.17) is 12.2 Å². The van der Waals surface area contributed by atoms with Crippen molar-refractivity contribution in [2.45, 2.75) is 6.92 Å². The molecule has 0 aliphatic carbocycles. The molecule has 86 valence electrons. The first-order valence-electron chi connectivity index (χ1n) is 4.97. The van der Waals surface area contributed by atoms with Crippen molar-refractivity contribution in [2.75, 3.05) is 0 Å². The molecule has 2 N–H and O–H groups in total. The van der Waals surface area contributed by atoms with E-state index in [-0.39, 0.29) is 16.0 Å². The molecule has 0 aliphatic heterocycles. The number of aromatic nitrogens is 2. The minimum Gasteiger partial charge on any atom is -0.334 e. The van der Waals surface area contributed by atoms with Gasteiger partial charge in [-0.15, -0.1) is 5.11 Å². The van der Waals surface area contributed by atoms with Gasteiger partial charge in [-0.25, -0.2) is 0 Å². The van der Waals surface area contributed by atoms with Crippen LogP contribution in [0, 0.1) is 11.7 Å². The van der Waals surface area contributed by atoms with Gasteiger partial charge in [0.2, 0.25) is 0 Å². The molecule has 0 radical (unpaired) electrons. The summed E-state index contributed by atoms with van der Waals surface area (Å²) >= 11 is 4.84. The van der Waals surface area contributed by atoms with Crippen LogP contribution >= 0.6 is 12.2 Å². The molecule has 0 spiro atoms. The monoisotopic (exact) mass is 246 g/mol. The molecule has 1 heterocycles. The third-order valence-electron chi connectivity index (χ3n) is 2.12. The predicted octanol–water partition coefficient (Wildman–Crippen LogP) is 3.16. The van der Waals surface area contributed by atoms with Crippen LogP contribution in [0.2, 0.25) is 0 Å². The Morgan fingerprint density at radius 2 is 1.82 bits per heavy atom. The van der Waals surface area contributed by atoms with E-state index in [1.807, 2.05) is 18.2 Å². The van der Waals surface area contributed by atoms with Gasteiger partial charge in [0.15, 0.2) is 10.5 Å². The lowest BCUT2D eigenvalue weighted by molar-refractivity contribution is 1.01. The lowest BCUT2D eigenvalue weighted by atomic mass is 10.3. The Morgan fingerprint density at radius 1 is 1.12 bits per heavy atom. The lowest BCUT2D eigenvalue weighted by Gasteiger charge is -1.97. The molecule has 5 nitrogen and oxygen atoms in total. The third kappa shape index (κ3) is 2.73. The van der Waals surface area contributed by atoms with Gasteiger partial charge in [0.1, 0.15) is 0 Å². The van der Waals surface area contributed by atoms with Crippen LogP contribution in [-0.4, -0.2) is 9.97 Å². The van der Waals surface area contributed by atoms with Crippen molar-refractivity contribution < 1.29 is 0 Å². The molecule has 17 heavy (non-hydrogen) atoms. The SMILES string of the molecule is Cc1[nH]c(=S)[nH]c(=O)c1N=Nc1ccccc1. The molecule has 2 aromatic rings. The van der Waals surface area contributed by atoms with Gasteiger partial charge >= 0.3 is 0 Å². The van der Waals surface area contributed by atoms with E-state index in [1.165, 1.54) is 0 Å². The first kappa shape index (κ1) is 11.4. The highest BCUT2D eigenvalue weighted by atomic mass is 32.1. The quantitative estimate of drug-likeness (QED) is 0.631. The molecule has 0 fully saturated rings. The Hall–Kier alpha value is -2.08. The zero-order valence-corrected chi connectivity index (χ0v) is 9.91. The lowest BCUT2D eigenvalue weighted by Crippen LogP contribution is -2.08.